The van der Waals surface area contributed by atoms with Crippen molar-refractivity contribution in [1.82, 2.24) is 20.2 Å². The second-order valence-corrected chi connectivity index (χ2v) is 3.46. The third-order valence-corrected chi connectivity index (χ3v) is 2.23. The molecule has 0 fully saturated rings. The predicted octanol–water partition coefficient (Wildman–Crippen LogP) is 2.24. The second kappa shape index (κ2) is 5.11. The minimum absolute atomic E-state index is 0. The number of pyridine rings is 1. The normalized spacial score (nSPS) is 9.50. The lowest BCUT2D eigenvalue weighted by Gasteiger charge is -1.92. The molecule has 0 aromatic carbocycles. The number of rotatable bonds is 2. The molecule has 4 nitrogen and oxygen atoms in total. The molecule has 2 rings (SSSR count). The van der Waals surface area contributed by atoms with Gasteiger partial charge in [0.2, 0.25) is 5.16 Å². The van der Waals surface area contributed by atoms with Gasteiger partial charge in [0.25, 0.3) is 0 Å². The Morgan fingerprint density at radius 2 is 2.21 bits per heavy atom. The molecular formula is C8H9BrN4S. The van der Waals surface area contributed by atoms with E-state index in [0.29, 0.717) is 5.16 Å². The quantitative estimate of drug-likeness (QED) is 0.911. The van der Waals surface area contributed by atoms with Gasteiger partial charge >= 0.3 is 0 Å². The minimum atomic E-state index is 0. The standard InChI is InChI=1S/C8H8N4S.BrH/c1-6-10-8(12-11-6)13-7-4-2-3-5-9-7;/h2-5H,1H3,(H,10,11,12);1H. The van der Waals surface area contributed by atoms with E-state index in [0.717, 1.165) is 10.9 Å². The van der Waals surface area contributed by atoms with Gasteiger partial charge in [0.1, 0.15) is 10.9 Å². The zero-order valence-electron chi connectivity index (χ0n) is 7.47. The Balaban J connectivity index is 0.000000980. The molecule has 0 aliphatic carbocycles. The Morgan fingerprint density at radius 3 is 2.79 bits per heavy atom. The van der Waals surface area contributed by atoms with Crippen LogP contribution in [0.4, 0.5) is 0 Å². The Labute approximate surface area is 96.3 Å². The number of H-pyrrole nitrogens is 1. The van der Waals surface area contributed by atoms with Crippen LogP contribution >= 0.6 is 28.7 Å². The van der Waals surface area contributed by atoms with Crippen LogP contribution < -0.4 is 0 Å². The summed E-state index contributed by atoms with van der Waals surface area (Å²) >= 11 is 1.44. The van der Waals surface area contributed by atoms with Crippen molar-refractivity contribution in [3.8, 4) is 0 Å². The molecule has 74 valence electrons. The highest BCUT2D eigenvalue weighted by Crippen LogP contribution is 2.20. The van der Waals surface area contributed by atoms with Crippen LogP contribution in [-0.4, -0.2) is 20.2 Å². The van der Waals surface area contributed by atoms with Crippen LogP contribution in [0, 0.1) is 6.92 Å². The zero-order valence-corrected chi connectivity index (χ0v) is 10.00. The number of aromatic nitrogens is 4. The molecule has 0 atom stereocenters. The molecule has 2 aromatic heterocycles. The van der Waals surface area contributed by atoms with Gasteiger partial charge in [-0.05, 0) is 30.8 Å². The molecule has 0 saturated carbocycles. The zero-order chi connectivity index (χ0) is 9.10. The summed E-state index contributed by atoms with van der Waals surface area (Å²) in [4.78, 5) is 8.31. The van der Waals surface area contributed by atoms with Crippen LogP contribution in [0.2, 0.25) is 0 Å². The lowest BCUT2D eigenvalue weighted by atomic mass is 10.5. The maximum atomic E-state index is 4.16. The summed E-state index contributed by atoms with van der Waals surface area (Å²) in [7, 11) is 0. The molecule has 0 bridgehead atoms. The van der Waals surface area contributed by atoms with E-state index < -0.39 is 0 Å². The topological polar surface area (TPSA) is 54.5 Å². The van der Waals surface area contributed by atoms with E-state index in [9.17, 15) is 0 Å². The SMILES string of the molecule is Br.Cc1nc(Sc2ccccn2)n[nH]1. The fourth-order valence-corrected chi connectivity index (χ4v) is 1.59. The highest BCUT2D eigenvalue weighted by Gasteiger charge is 2.02. The maximum absolute atomic E-state index is 4.16. The summed E-state index contributed by atoms with van der Waals surface area (Å²) in [5.74, 6) is 0.818. The van der Waals surface area contributed by atoms with Crippen molar-refractivity contribution in [3.05, 3.63) is 30.2 Å². The highest BCUT2D eigenvalue weighted by molar-refractivity contribution is 8.93. The van der Waals surface area contributed by atoms with E-state index in [1.54, 1.807) is 6.20 Å². The van der Waals surface area contributed by atoms with Crippen LogP contribution in [-0.2, 0) is 0 Å². The molecule has 6 heteroatoms. The maximum Gasteiger partial charge on any atom is 0.214 e. The van der Waals surface area contributed by atoms with Gasteiger partial charge < -0.3 is 0 Å². The average Bonchev–Trinajstić information content (AvgIpc) is 2.53. The van der Waals surface area contributed by atoms with Gasteiger partial charge in [-0.3, -0.25) is 5.10 Å². The fraction of sp³-hybridized carbons (Fsp3) is 0.125. The molecule has 1 N–H and O–H groups in total. The van der Waals surface area contributed by atoms with Crippen molar-refractivity contribution >= 4 is 28.7 Å². The Kier molecular flexibility index (Phi) is 4.09. The number of hydrogen-bond acceptors (Lipinski definition) is 4. The summed E-state index contributed by atoms with van der Waals surface area (Å²) in [6.07, 6.45) is 1.75. The van der Waals surface area contributed by atoms with Gasteiger partial charge in [-0.25, -0.2) is 9.97 Å². The van der Waals surface area contributed by atoms with Crippen molar-refractivity contribution in [1.29, 1.82) is 0 Å². The monoisotopic (exact) mass is 272 g/mol. The third kappa shape index (κ3) is 2.81. The van der Waals surface area contributed by atoms with E-state index in [-0.39, 0.29) is 17.0 Å². The number of hydrogen-bond donors (Lipinski definition) is 1. The molecule has 0 amide bonds. The first-order valence-corrected chi connectivity index (χ1v) is 4.64. The van der Waals surface area contributed by atoms with Crippen molar-refractivity contribution in [2.75, 3.05) is 0 Å². The smallest absolute Gasteiger partial charge is 0.214 e. The van der Waals surface area contributed by atoms with Crippen LogP contribution in [0.25, 0.3) is 0 Å². The summed E-state index contributed by atoms with van der Waals surface area (Å²) in [6.45, 7) is 1.87. The molecule has 2 heterocycles. The second-order valence-electron chi connectivity index (χ2n) is 2.47. The Hall–Kier alpha value is -0.880. The van der Waals surface area contributed by atoms with E-state index in [2.05, 4.69) is 20.2 Å². The summed E-state index contributed by atoms with van der Waals surface area (Å²) < 4.78 is 0. The van der Waals surface area contributed by atoms with Crippen LogP contribution in [0.3, 0.4) is 0 Å². The van der Waals surface area contributed by atoms with E-state index in [4.69, 9.17) is 0 Å². The lowest BCUT2D eigenvalue weighted by Crippen LogP contribution is -1.79. The third-order valence-electron chi connectivity index (χ3n) is 1.41. The first-order chi connectivity index (χ1) is 6.34. The molecule has 0 unspecified atom stereocenters. The van der Waals surface area contributed by atoms with Crippen LogP contribution in [0.15, 0.2) is 34.6 Å². The van der Waals surface area contributed by atoms with Gasteiger partial charge in [-0.2, -0.15) is 0 Å². The highest BCUT2D eigenvalue weighted by atomic mass is 79.9. The number of nitrogens with one attached hydrogen (secondary N) is 1. The summed E-state index contributed by atoms with van der Waals surface area (Å²) in [5, 5.41) is 8.39. The van der Waals surface area contributed by atoms with Crippen molar-refractivity contribution in [3.63, 3.8) is 0 Å². The number of halogens is 1. The lowest BCUT2D eigenvalue weighted by molar-refractivity contribution is 0.964. The van der Waals surface area contributed by atoms with Crippen LogP contribution in [0.5, 0.6) is 0 Å². The summed E-state index contributed by atoms with van der Waals surface area (Å²) in [5.41, 5.74) is 0. The van der Waals surface area contributed by atoms with Crippen molar-refractivity contribution in [2.45, 2.75) is 17.1 Å². The molecule has 0 aliphatic rings. The van der Waals surface area contributed by atoms with Gasteiger partial charge in [0.05, 0.1) is 0 Å². The molecule has 0 saturated heterocycles. The van der Waals surface area contributed by atoms with Gasteiger partial charge in [0.15, 0.2) is 0 Å². The van der Waals surface area contributed by atoms with E-state index >= 15 is 0 Å². The van der Waals surface area contributed by atoms with E-state index in [1.165, 1.54) is 11.8 Å². The van der Waals surface area contributed by atoms with Gasteiger partial charge in [-0.15, -0.1) is 22.1 Å². The number of aromatic amines is 1. The fourth-order valence-electron chi connectivity index (χ4n) is 0.869. The molecule has 0 aliphatic heterocycles. The molecule has 0 radical (unpaired) electrons. The van der Waals surface area contributed by atoms with Crippen molar-refractivity contribution < 1.29 is 0 Å². The van der Waals surface area contributed by atoms with E-state index in [1.807, 2.05) is 25.1 Å². The predicted molar refractivity (Wildman–Crippen MR) is 59.8 cm³/mol. The largest absolute Gasteiger partial charge is 0.262 e. The summed E-state index contributed by atoms with van der Waals surface area (Å²) in [6, 6.07) is 5.75. The number of nitrogens with zero attached hydrogens (tertiary/aromatic N) is 3. The van der Waals surface area contributed by atoms with Gasteiger partial charge in [0, 0.05) is 6.20 Å². The first kappa shape index (κ1) is 11.2. The molecule has 0 spiro atoms. The van der Waals surface area contributed by atoms with Crippen molar-refractivity contribution in [2.24, 2.45) is 0 Å². The molecule has 14 heavy (non-hydrogen) atoms. The minimum Gasteiger partial charge on any atom is -0.262 e. The van der Waals surface area contributed by atoms with Gasteiger partial charge in [-0.1, -0.05) is 6.07 Å². The molecular weight excluding hydrogens is 264 g/mol. The van der Waals surface area contributed by atoms with Crippen LogP contribution in [0.1, 0.15) is 5.82 Å². The Morgan fingerprint density at radius 1 is 1.36 bits per heavy atom. The molecule has 2 aromatic rings. The first-order valence-electron chi connectivity index (χ1n) is 3.82. The number of aryl methyl sites for hydroxylation is 1. The Bertz CT molecular complexity index is 389. The average molecular weight is 273 g/mol.